The Kier molecular flexibility index (Phi) is 5.36. The number of aromatic nitrogens is 3. The fraction of sp³-hybridized carbons (Fsp3) is 0.217. The highest BCUT2D eigenvalue weighted by molar-refractivity contribution is 6.32. The average molecular weight is 434 g/mol. The smallest absolute Gasteiger partial charge is 0.229 e. The molecule has 1 aliphatic heterocycles. The van der Waals surface area contributed by atoms with Crippen molar-refractivity contribution in [1.29, 1.82) is 0 Å². The van der Waals surface area contributed by atoms with Crippen molar-refractivity contribution < 1.29 is 0 Å². The third kappa shape index (κ3) is 4.42. The van der Waals surface area contributed by atoms with E-state index in [-0.39, 0.29) is 0 Å². The normalized spacial score (nSPS) is 14.7. The van der Waals surface area contributed by atoms with Crippen molar-refractivity contribution in [3.8, 4) is 0 Å². The molecule has 31 heavy (non-hydrogen) atoms. The number of anilines is 5. The maximum atomic E-state index is 6.33. The van der Waals surface area contributed by atoms with E-state index in [1.54, 1.807) is 6.20 Å². The van der Waals surface area contributed by atoms with Crippen LogP contribution in [-0.4, -0.2) is 53.1 Å². The van der Waals surface area contributed by atoms with Crippen LogP contribution in [0.2, 0.25) is 5.02 Å². The van der Waals surface area contributed by atoms with Gasteiger partial charge in [0.15, 0.2) is 5.82 Å². The fourth-order valence-electron chi connectivity index (χ4n) is 3.73. The number of likely N-dealkylation sites (N-methyl/N-ethyl adjacent to an activating group) is 1. The first kappa shape index (κ1) is 19.7. The van der Waals surface area contributed by atoms with Crippen LogP contribution in [0.5, 0.6) is 0 Å². The highest BCUT2D eigenvalue weighted by Crippen LogP contribution is 2.27. The van der Waals surface area contributed by atoms with Crippen molar-refractivity contribution in [2.75, 3.05) is 48.8 Å². The van der Waals surface area contributed by atoms with Crippen molar-refractivity contribution in [2.45, 2.75) is 0 Å². The highest BCUT2D eigenvalue weighted by atomic mass is 35.5. The molecule has 0 aliphatic carbocycles. The Morgan fingerprint density at radius 3 is 2.52 bits per heavy atom. The lowest BCUT2D eigenvalue weighted by Crippen LogP contribution is -2.44. The zero-order valence-electron chi connectivity index (χ0n) is 17.3. The molecular weight excluding hydrogens is 410 g/mol. The van der Waals surface area contributed by atoms with Gasteiger partial charge in [-0.2, -0.15) is 4.98 Å². The zero-order valence-corrected chi connectivity index (χ0v) is 18.0. The lowest BCUT2D eigenvalue weighted by atomic mass is 10.2. The molecular formula is C23H24ClN7. The van der Waals surface area contributed by atoms with Gasteiger partial charge in [-0.15, -0.1) is 0 Å². The Morgan fingerprint density at radius 2 is 1.71 bits per heavy atom. The van der Waals surface area contributed by atoms with E-state index in [0.717, 1.165) is 48.5 Å². The maximum absolute atomic E-state index is 6.33. The molecule has 1 fully saturated rings. The molecule has 158 valence electrons. The number of benzene rings is 2. The van der Waals surface area contributed by atoms with E-state index in [9.17, 15) is 0 Å². The molecule has 1 aliphatic rings. The number of rotatable bonds is 5. The van der Waals surface area contributed by atoms with Gasteiger partial charge in [0, 0.05) is 60.3 Å². The molecule has 0 unspecified atom stereocenters. The Morgan fingerprint density at radius 1 is 0.935 bits per heavy atom. The van der Waals surface area contributed by atoms with Gasteiger partial charge in [-0.25, -0.2) is 4.98 Å². The minimum absolute atomic E-state index is 0.463. The average Bonchev–Trinajstić information content (AvgIpc) is 3.25. The summed E-state index contributed by atoms with van der Waals surface area (Å²) in [5.41, 5.74) is 4.16. The predicted molar refractivity (Wildman–Crippen MR) is 128 cm³/mol. The summed E-state index contributed by atoms with van der Waals surface area (Å²) in [6, 6.07) is 16.5. The standard InChI is InChI=1S/C23H24ClN7/c1-30-10-12-31(13-11-30)19-5-2-17(3-6-19)28-23-26-15-20(24)22(29-23)27-18-4-7-21-16(14-18)8-9-25-21/h2-9,14-15,25H,10-13H2,1H3,(H2,26,27,28,29). The number of H-pyrrole nitrogens is 1. The Bertz CT molecular complexity index is 1180. The summed E-state index contributed by atoms with van der Waals surface area (Å²) >= 11 is 6.33. The molecule has 8 heteroatoms. The second-order valence-electron chi connectivity index (χ2n) is 7.76. The number of aromatic amines is 1. The van der Waals surface area contributed by atoms with E-state index in [0.29, 0.717) is 16.8 Å². The summed E-state index contributed by atoms with van der Waals surface area (Å²) in [7, 11) is 2.16. The van der Waals surface area contributed by atoms with Crippen LogP contribution in [0, 0.1) is 0 Å². The first-order valence-electron chi connectivity index (χ1n) is 10.3. The maximum Gasteiger partial charge on any atom is 0.229 e. The van der Waals surface area contributed by atoms with Gasteiger partial charge in [0.1, 0.15) is 5.02 Å². The lowest BCUT2D eigenvalue weighted by Gasteiger charge is -2.34. The predicted octanol–water partition coefficient (Wildman–Crippen LogP) is 4.85. The van der Waals surface area contributed by atoms with Gasteiger partial charge in [0.2, 0.25) is 5.95 Å². The molecule has 0 amide bonds. The van der Waals surface area contributed by atoms with Crippen molar-refractivity contribution in [3.05, 3.63) is 65.9 Å². The van der Waals surface area contributed by atoms with E-state index in [1.165, 1.54) is 5.69 Å². The van der Waals surface area contributed by atoms with Crippen LogP contribution in [0.25, 0.3) is 10.9 Å². The molecule has 0 saturated carbocycles. The summed E-state index contributed by atoms with van der Waals surface area (Å²) in [5.74, 6) is 1.05. The number of hydrogen-bond acceptors (Lipinski definition) is 6. The first-order valence-corrected chi connectivity index (χ1v) is 10.7. The molecule has 3 heterocycles. The summed E-state index contributed by atoms with van der Waals surface area (Å²) in [6.07, 6.45) is 3.52. The first-order chi connectivity index (χ1) is 15.1. The van der Waals surface area contributed by atoms with Crippen LogP contribution < -0.4 is 15.5 Å². The fourth-order valence-corrected chi connectivity index (χ4v) is 3.87. The molecule has 0 radical (unpaired) electrons. The summed E-state index contributed by atoms with van der Waals surface area (Å²) < 4.78 is 0. The van der Waals surface area contributed by atoms with Crippen LogP contribution in [0.4, 0.5) is 28.8 Å². The second kappa shape index (κ2) is 8.45. The number of nitrogens with one attached hydrogen (secondary N) is 3. The van der Waals surface area contributed by atoms with Gasteiger partial charge in [-0.1, -0.05) is 11.6 Å². The molecule has 1 saturated heterocycles. The van der Waals surface area contributed by atoms with E-state index in [4.69, 9.17) is 11.6 Å². The SMILES string of the molecule is CN1CCN(c2ccc(Nc3ncc(Cl)c(Nc4ccc5[nH]ccc5c4)n3)cc2)CC1. The van der Waals surface area contributed by atoms with Crippen LogP contribution >= 0.6 is 11.6 Å². The Balaban J connectivity index is 1.29. The third-order valence-corrected chi connectivity index (χ3v) is 5.83. The Hall–Kier alpha value is -3.29. The van der Waals surface area contributed by atoms with E-state index >= 15 is 0 Å². The van der Waals surface area contributed by atoms with E-state index in [1.807, 2.05) is 24.4 Å². The largest absolute Gasteiger partial charge is 0.369 e. The molecule has 0 atom stereocenters. The monoisotopic (exact) mass is 433 g/mol. The number of piperazine rings is 1. The number of hydrogen-bond donors (Lipinski definition) is 3. The van der Waals surface area contributed by atoms with Crippen LogP contribution in [-0.2, 0) is 0 Å². The zero-order chi connectivity index (χ0) is 21.2. The second-order valence-corrected chi connectivity index (χ2v) is 8.16. The van der Waals surface area contributed by atoms with Crippen LogP contribution in [0.3, 0.4) is 0 Å². The van der Waals surface area contributed by atoms with Gasteiger partial charge < -0.3 is 25.4 Å². The molecule has 0 spiro atoms. The molecule has 3 N–H and O–H groups in total. The van der Waals surface area contributed by atoms with Crippen molar-refractivity contribution in [1.82, 2.24) is 19.9 Å². The van der Waals surface area contributed by atoms with Crippen LogP contribution in [0.15, 0.2) is 60.9 Å². The third-order valence-electron chi connectivity index (χ3n) is 5.55. The van der Waals surface area contributed by atoms with Crippen molar-refractivity contribution in [3.63, 3.8) is 0 Å². The number of halogens is 1. The summed E-state index contributed by atoms with van der Waals surface area (Å²) in [6.45, 7) is 4.27. The van der Waals surface area contributed by atoms with Gasteiger partial charge in [0.25, 0.3) is 0 Å². The quantitative estimate of drug-likeness (QED) is 0.418. The van der Waals surface area contributed by atoms with E-state index < -0.39 is 0 Å². The molecule has 4 aromatic rings. The molecule has 7 nitrogen and oxygen atoms in total. The van der Waals surface area contributed by atoms with E-state index in [2.05, 4.69) is 72.8 Å². The van der Waals surface area contributed by atoms with Crippen LogP contribution in [0.1, 0.15) is 0 Å². The topological polar surface area (TPSA) is 72.1 Å². The number of fused-ring (bicyclic) bond motifs is 1. The minimum Gasteiger partial charge on any atom is -0.369 e. The van der Waals surface area contributed by atoms with Gasteiger partial charge >= 0.3 is 0 Å². The lowest BCUT2D eigenvalue weighted by molar-refractivity contribution is 0.313. The van der Waals surface area contributed by atoms with Gasteiger partial charge in [-0.05, 0) is 55.6 Å². The van der Waals surface area contributed by atoms with Crippen molar-refractivity contribution >= 4 is 51.3 Å². The van der Waals surface area contributed by atoms with Gasteiger partial charge in [-0.3, -0.25) is 0 Å². The Labute approximate surface area is 186 Å². The molecule has 2 aromatic heterocycles. The molecule has 5 rings (SSSR count). The number of nitrogens with zero attached hydrogens (tertiary/aromatic N) is 4. The molecule has 2 aromatic carbocycles. The highest BCUT2D eigenvalue weighted by Gasteiger charge is 2.14. The van der Waals surface area contributed by atoms with Gasteiger partial charge in [0.05, 0.1) is 6.20 Å². The summed E-state index contributed by atoms with van der Waals surface area (Å²) in [5, 5.41) is 8.14. The summed E-state index contributed by atoms with van der Waals surface area (Å²) in [4.78, 5) is 16.8. The molecule has 0 bridgehead atoms. The minimum atomic E-state index is 0.463. The van der Waals surface area contributed by atoms with Crippen molar-refractivity contribution in [2.24, 2.45) is 0 Å².